The summed E-state index contributed by atoms with van der Waals surface area (Å²) in [5.41, 5.74) is 3.01. The van der Waals surface area contributed by atoms with Gasteiger partial charge in [0.1, 0.15) is 6.61 Å². The molecule has 26 heavy (non-hydrogen) atoms. The van der Waals surface area contributed by atoms with E-state index in [0.29, 0.717) is 34.7 Å². The highest BCUT2D eigenvalue weighted by molar-refractivity contribution is 6.33. The van der Waals surface area contributed by atoms with Crippen LogP contribution in [0.1, 0.15) is 11.1 Å². The molecule has 134 valence electrons. The van der Waals surface area contributed by atoms with Crippen LogP contribution < -0.4 is 14.8 Å². The molecule has 0 bridgehead atoms. The molecule has 3 aromatic rings. The van der Waals surface area contributed by atoms with Crippen molar-refractivity contribution in [1.82, 2.24) is 0 Å². The Morgan fingerprint density at radius 2 is 1.58 bits per heavy atom. The lowest BCUT2D eigenvalue weighted by atomic mass is 10.2. The van der Waals surface area contributed by atoms with E-state index in [1.807, 2.05) is 66.7 Å². The van der Waals surface area contributed by atoms with Gasteiger partial charge in [0.2, 0.25) is 0 Å². The molecule has 0 amide bonds. The Kier molecular flexibility index (Phi) is 6.26. The van der Waals surface area contributed by atoms with Crippen LogP contribution in [-0.4, -0.2) is 7.11 Å². The van der Waals surface area contributed by atoms with Gasteiger partial charge in [-0.2, -0.15) is 0 Å². The molecule has 0 aliphatic carbocycles. The molecule has 0 aliphatic rings. The summed E-state index contributed by atoms with van der Waals surface area (Å²) in [6, 6.07) is 21.1. The van der Waals surface area contributed by atoms with Gasteiger partial charge >= 0.3 is 0 Å². The average molecular weight is 388 g/mol. The quantitative estimate of drug-likeness (QED) is 0.523. The van der Waals surface area contributed by atoms with Gasteiger partial charge in [0.15, 0.2) is 11.5 Å². The third-order valence-electron chi connectivity index (χ3n) is 3.89. The van der Waals surface area contributed by atoms with E-state index >= 15 is 0 Å². The first-order valence-corrected chi connectivity index (χ1v) is 8.94. The number of rotatable bonds is 7. The number of hydrogen-bond acceptors (Lipinski definition) is 3. The van der Waals surface area contributed by atoms with Gasteiger partial charge in [-0.15, -0.1) is 0 Å². The lowest BCUT2D eigenvalue weighted by Gasteiger charge is -2.13. The van der Waals surface area contributed by atoms with E-state index in [-0.39, 0.29) is 0 Å². The Morgan fingerprint density at radius 1 is 0.846 bits per heavy atom. The second kappa shape index (κ2) is 8.84. The maximum absolute atomic E-state index is 6.17. The van der Waals surface area contributed by atoms with Crippen molar-refractivity contribution in [1.29, 1.82) is 0 Å². The van der Waals surface area contributed by atoms with Crippen LogP contribution in [-0.2, 0) is 13.2 Å². The minimum Gasteiger partial charge on any atom is -0.493 e. The van der Waals surface area contributed by atoms with Crippen LogP contribution in [0.25, 0.3) is 0 Å². The highest BCUT2D eigenvalue weighted by atomic mass is 35.5. The maximum Gasteiger partial charge on any atom is 0.161 e. The Bertz CT molecular complexity index is 866. The van der Waals surface area contributed by atoms with Crippen LogP contribution in [0.2, 0.25) is 10.0 Å². The zero-order valence-electron chi connectivity index (χ0n) is 14.3. The molecular formula is C21H19Cl2NO2. The van der Waals surface area contributed by atoms with Crippen LogP contribution in [0.5, 0.6) is 11.5 Å². The molecule has 0 saturated heterocycles. The summed E-state index contributed by atoms with van der Waals surface area (Å²) in [5.74, 6) is 1.39. The molecule has 0 atom stereocenters. The molecule has 0 heterocycles. The van der Waals surface area contributed by atoms with Gasteiger partial charge in [-0.3, -0.25) is 0 Å². The second-order valence-corrected chi connectivity index (χ2v) is 6.58. The van der Waals surface area contributed by atoms with Crippen molar-refractivity contribution in [2.24, 2.45) is 0 Å². The summed E-state index contributed by atoms with van der Waals surface area (Å²) in [6.45, 7) is 1.09. The van der Waals surface area contributed by atoms with Crippen LogP contribution in [0, 0.1) is 0 Å². The van der Waals surface area contributed by atoms with Gasteiger partial charge in [-0.05, 0) is 47.5 Å². The lowest BCUT2D eigenvalue weighted by molar-refractivity contribution is 0.284. The fraction of sp³-hybridized carbons (Fsp3) is 0.143. The molecule has 0 aliphatic heterocycles. The molecule has 0 spiro atoms. The molecule has 3 aromatic carbocycles. The topological polar surface area (TPSA) is 30.5 Å². The standard InChI is InChI=1S/C21H19Cl2NO2/c1-25-21-12-16(13-24-19-5-3-2-4-18(19)23)8-11-20(21)26-14-15-6-9-17(22)10-7-15/h2-12,24H,13-14H2,1H3. The van der Waals surface area contributed by atoms with Crippen molar-refractivity contribution in [2.75, 3.05) is 12.4 Å². The number of methoxy groups -OCH3 is 1. The molecule has 3 rings (SSSR count). The minimum atomic E-state index is 0.449. The Hall–Kier alpha value is -2.36. The SMILES string of the molecule is COc1cc(CNc2ccccc2Cl)ccc1OCc1ccc(Cl)cc1. The van der Waals surface area contributed by atoms with Crippen molar-refractivity contribution < 1.29 is 9.47 Å². The van der Waals surface area contributed by atoms with Crippen molar-refractivity contribution in [3.63, 3.8) is 0 Å². The zero-order chi connectivity index (χ0) is 18.4. The first kappa shape index (κ1) is 18.4. The van der Waals surface area contributed by atoms with Gasteiger partial charge in [0.05, 0.1) is 17.8 Å². The zero-order valence-corrected chi connectivity index (χ0v) is 15.8. The Balaban J connectivity index is 1.65. The number of nitrogens with one attached hydrogen (secondary N) is 1. The second-order valence-electron chi connectivity index (χ2n) is 5.73. The van der Waals surface area contributed by atoms with E-state index in [9.17, 15) is 0 Å². The molecule has 0 saturated carbocycles. The molecule has 1 N–H and O–H groups in total. The molecule has 0 fully saturated rings. The van der Waals surface area contributed by atoms with Crippen LogP contribution in [0.4, 0.5) is 5.69 Å². The monoisotopic (exact) mass is 387 g/mol. The van der Waals surface area contributed by atoms with Crippen molar-refractivity contribution >= 4 is 28.9 Å². The summed E-state index contributed by atoms with van der Waals surface area (Å²) in [4.78, 5) is 0. The number of benzene rings is 3. The predicted octanol–water partition coefficient (Wildman–Crippen LogP) is 6.19. The highest BCUT2D eigenvalue weighted by Gasteiger charge is 2.07. The van der Waals surface area contributed by atoms with E-state index < -0.39 is 0 Å². The molecule has 0 aromatic heterocycles. The van der Waals surface area contributed by atoms with Crippen molar-refractivity contribution in [3.05, 3.63) is 87.9 Å². The summed E-state index contributed by atoms with van der Waals surface area (Å²) in [6.07, 6.45) is 0. The van der Waals surface area contributed by atoms with Crippen molar-refractivity contribution in [3.8, 4) is 11.5 Å². The number of para-hydroxylation sites is 1. The van der Waals surface area contributed by atoms with E-state index in [1.165, 1.54) is 0 Å². The molecule has 0 unspecified atom stereocenters. The molecule has 3 nitrogen and oxygen atoms in total. The van der Waals surface area contributed by atoms with E-state index in [4.69, 9.17) is 32.7 Å². The summed E-state index contributed by atoms with van der Waals surface area (Å²) in [7, 11) is 1.63. The van der Waals surface area contributed by atoms with Crippen LogP contribution in [0.3, 0.4) is 0 Å². The Morgan fingerprint density at radius 3 is 2.31 bits per heavy atom. The number of ether oxygens (including phenoxy) is 2. The smallest absolute Gasteiger partial charge is 0.161 e. The van der Waals surface area contributed by atoms with E-state index in [0.717, 1.165) is 16.8 Å². The van der Waals surface area contributed by atoms with E-state index in [1.54, 1.807) is 7.11 Å². The number of hydrogen-bond donors (Lipinski definition) is 1. The minimum absolute atomic E-state index is 0.449. The summed E-state index contributed by atoms with van der Waals surface area (Å²) < 4.78 is 11.4. The fourth-order valence-electron chi connectivity index (χ4n) is 2.48. The number of halogens is 2. The predicted molar refractivity (Wildman–Crippen MR) is 108 cm³/mol. The largest absolute Gasteiger partial charge is 0.493 e. The van der Waals surface area contributed by atoms with Crippen LogP contribution >= 0.6 is 23.2 Å². The summed E-state index contributed by atoms with van der Waals surface area (Å²) in [5, 5.41) is 4.73. The van der Waals surface area contributed by atoms with Crippen molar-refractivity contribution in [2.45, 2.75) is 13.2 Å². The highest BCUT2D eigenvalue weighted by Crippen LogP contribution is 2.30. The van der Waals surface area contributed by atoms with Gasteiger partial charge in [0, 0.05) is 11.6 Å². The molecule has 0 radical (unpaired) electrons. The third-order valence-corrected chi connectivity index (χ3v) is 4.47. The van der Waals surface area contributed by atoms with Gasteiger partial charge in [-0.1, -0.05) is 53.5 Å². The first-order chi connectivity index (χ1) is 12.7. The molecule has 5 heteroatoms. The normalized spacial score (nSPS) is 10.4. The van der Waals surface area contributed by atoms with Crippen LogP contribution in [0.15, 0.2) is 66.7 Å². The third kappa shape index (κ3) is 4.84. The van der Waals surface area contributed by atoms with Gasteiger partial charge in [0.25, 0.3) is 0 Å². The van der Waals surface area contributed by atoms with Gasteiger partial charge < -0.3 is 14.8 Å². The van der Waals surface area contributed by atoms with E-state index in [2.05, 4.69) is 5.32 Å². The average Bonchev–Trinajstić information content (AvgIpc) is 2.67. The van der Waals surface area contributed by atoms with Gasteiger partial charge in [-0.25, -0.2) is 0 Å². The number of anilines is 1. The Labute approximate surface area is 163 Å². The maximum atomic E-state index is 6.17. The summed E-state index contributed by atoms with van der Waals surface area (Å²) >= 11 is 12.1. The fourth-order valence-corrected chi connectivity index (χ4v) is 2.81. The first-order valence-electron chi connectivity index (χ1n) is 8.18. The lowest BCUT2D eigenvalue weighted by Crippen LogP contribution is -2.02. The molecular weight excluding hydrogens is 369 g/mol.